The molecule has 0 aliphatic rings. The number of unbranched alkanes of at least 4 members (excludes halogenated alkanes) is 12. The lowest BCUT2D eigenvalue weighted by Gasteiger charge is -2.03. The fraction of sp³-hybridized carbons (Fsp3) is 0.682. The lowest BCUT2D eigenvalue weighted by atomic mass is 10.0. The second kappa shape index (κ2) is 14.5. The van der Waals surface area contributed by atoms with Gasteiger partial charge in [0, 0.05) is 12.0 Å². The van der Waals surface area contributed by atoms with Crippen molar-refractivity contribution in [1.29, 1.82) is 0 Å². The first-order valence-electron chi connectivity index (χ1n) is 9.84. The van der Waals surface area contributed by atoms with E-state index in [9.17, 15) is 4.79 Å². The van der Waals surface area contributed by atoms with Crippen LogP contribution in [0.3, 0.4) is 0 Å². The van der Waals surface area contributed by atoms with Gasteiger partial charge in [-0.05, 0) is 12.5 Å². The summed E-state index contributed by atoms with van der Waals surface area (Å²) in [6.45, 7) is 2.27. The Morgan fingerprint density at radius 3 is 1.65 bits per heavy atom. The molecule has 1 nitrogen and oxygen atoms in total. The number of hydrogen-bond donors (Lipinski definition) is 0. The fourth-order valence-corrected chi connectivity index (χ4v) is 3.02. The minimum absolute atomic E-state index is 0.280. The average Bonchev–Trinajstić information content (AvgIpc) is 2.59. The van der Waals surface area contributed by atoms with Gasteiger partial charge in [-0.3, -0.25) is 4.79 Å². The second-order valence-electron chi connectivity index (χ2n) is 6.70. The lowest BCUT2D eigenvalue weighted by molar-refractivity contribution is 0.0979. The number of carbonyl (C=O) groups excluding carboxylic acids is 1. The first-order valence-corrected chi connectivity index (χ1v) is 9.84. The molecule has 0 aliphatic carbocycles. The molecule has 1 rings (SSSR count). The zero-order valence-corrected chi connectivity index (χ0v) is 15.1. The van der Waals surface area contributed by atoms with Gasteiger partial charge in [-0.1, -0.05) is 108 Å². The van der Waals surface area contributed by atoms with E-state index in [4.69, 9.17) is 0 Å². The molecule has 0 amide bonds. The van der Waals surface area contributed by atoms with E-state index < -0.39 is 0 Å². The molecular weight excluding hydrogens is 280 g/mol. The van der Waals surface area contributed by atoms with Crippen LogP contribution < -0.4 is 0 Å². The highest BCUT2D eigenvalue weighted by molar-refractivity contribution is 5.95. The van der Waals surface area contributed by atoms with Crippen LogP contribution >= 0.6 is 0 Å². The molecule has 0 atom stereocenters. The number of Topliss-reactive ketones (excluding diaryl/α,β-unsaturated/α-hetero) is 1. The Kier molecular flexibility index (Phi) is 12.6. The minimum Gasteiger partial charge on any atom is -0.294 e. The minimum atomic E-state index is 0.280. The Labute approximate surface area is 143 Å². The van der Waals surface area contributed by atoms with Crippen molar-refractivity contribution in [2.24, 2.45) is 0 Å². The Morgan fingerprint density at radius 2 is 1.17 bits per heavy atom. The van der Waals surface area contributed by atoms with Crippen LogP contribution in [0.1, 0.15) is 107 Å². The number of carbonyl (C=O) groups is 1. The monoisotopic (exact) mass is 315 g/mol. The summed E-state index contributed by atoms with van der Waals surface area (Å²) in [6.07, 6.45) is 18.2. The third kappa shape index (κ3) is 11.1. The normalized spacial score (nSPS) is 10.8. The zero-order chi connectivity index (χ0) is 16.6. The molecule has 129 valence electrons. The highest BCUT2D eigenvalue weighted by Crippen LogP contribution is 2.13. The highest BCUT2D eigenvalue weighted by Gasteiger charge is 2.03. The summed E-state index contributed by atoms with van der Waals surface area (Å²) in [4.78, 5) is 11.9. The van der Waals surface area contributed by atoms with Crippen LogP contribution in [-0.4, -0.2) is 5.78 Å². The maximum Gasteiger partial charge on any atom is 0.162 e. The summed E-state index contributed by atoms with van der Waals surface area (Å²) in [5.41, 5.74) is 0.836. The van der Waals surface area contributed by atoms with Gasteiger partial charge in [0.2, 0.25) is 0 Å². The van der Waals surface area contributed by atoms with Gasteiger partial charge in [0.15, 0.2) is 5.78 Å². The van der Waals surface area contributed by atoms with Gasteiger partial charge in [-0.25, -0.2) is 0 Å². The van der Waals surface area contributed by atoms with Gasteiger partial charge < -0.3 is 0 Å². The summed E-state index contributed by atoms with van der Waals surface area (Å²) in [5, 5.41) is 0. The molecule has 0 heterocycles. The summed E-state index contributed by atoms with van der Waals surface area (Å²) >= 11 is 0. The number of rotatable bonds is 15. The Bertz CT molecular complexity index is 382. The summed E-state index contributed by atoms with van der Waals surface area (Å²) in [7, 11) is 0. The van der Waals surface area contributed by atoms with Crippen LogP contribution in [0.15, 0.2) is 24.3 Å². The molecule has 0 aliphatic heterocycles. The van der Waals surface area contributed by atoms with E-state index in [0.717, 1.165) is 12.0 Å². The van der Waals surface area contributed by atoms with Crippen LogP contribution in [0.4, 0.5) is 0 Å². The highest BCUT2D eigenvalue weighted by atomic mass is 16.1. The Morgan fingerprint density at radius 1 is 0.739 bits per heavy atom. The molecule has 0 N–H and O–H groups in total. The molecule has 0 saturated heterocycles. The van der Waals surface area contributed by atoms with Gasteiger partial charge in [-0.2, -0.15) is 0 Å². The van der Waals surface area contributed by atoms with Crippen LogP contribution in [0.5, 0.6) is 0 Å². The molecule has 1 radical (unpaired) electrons. The van der Waals surface area contributed by atoms with Gasteiger partial charge in [0.25, 0.3) is 0 Å². The van der Waals surface area contributed by atoms with E-state index in [1.165, 1.54) is 77.0 Å². The van der Waals surface area contributed by atoms with Crippen molar-refractivity contribution in [2.45, 2.75) is 96.8 Å². The summed E-state index contributed by atoms with van der Waals surface area (Å²) in [6, 6.07) is 10.3. The standard InChI is InChI=1S/C22H35O/c1-2-3-4-5-6-7-8-9-10-11-12-13-17-20-22(23)21-18-15-14-16-19-21/h15-16,18-19H,2-13,17,20H2,1H3. The quantitative estimate of drug-likeness (QED) is 0.248. The van der Waals surface area contributed by atoms with Crippen molar-refractivity contribution in [3.05, 3.63) is 35.9 Å². The smallest absolute Gasteiger partial charge is 0.162 e. The molecule has 0 spiro atoms. The zero-order valence-electron chi connectivity index (χ0n) is 15.1. The lowest BCUT2D eigenvalue weighted by Crippen LogP contribution is -1.98. The largest absolute Gasteiger partial charge is 0.294 e. The molecule has 0 fully saturated rings. The predicted octanol–water partition coefficient (Wildman–Crippen LogP) is 7.15. The number of benzene rings is 1. The molecule has 1 aromatic rings. The molecule has 0 aromatic heterocycles. The Balaban J connectivity index is 1.82. The molecule has 0 bridgehead atoms. The summed E-state index contributed by atoms with van der Waals surface area (Å²) < 4.78 is 0. The second-order valence-corrected chi connectivity index (χ2v) is 6.70. The van der Waals surface area contributed by atoms with E-state index >= 15 is 0 Å². The molecule has 0 unspecified atom stereocenters. The maximum atomic E-state index is 11.9. The first-order chi connectivity index (χ1) is 11.3. The Hall–Kier alpha value is -1.11. The molecule has 23 heavy (non-hydrogen) atoms. The van der Waals surface area contributed by atoms with Crippen molar-refractivity contribution in [1.82, 2.24) is 0 Å². The van der Waals surface area contributed by atoms with E-state index in [1.54, 1.807) is 0 Å². The third-order valence-corrected chi connectivity index (χ3v) is 4.55. The van der Waals surface area contributed by atoms with Crippen LogP contribution in [0.2, 0.25) is 0 Å². The van der Waals surface area contributed by atoms with Crippen molar-refractivity contribution in [3.63, 3.8) is 0 Å². The first kappa shape index (κ1) is 19.9. The van der Waals surface area contributed by atoms with E-state index in [1.807, 2.05) is 24.3 Å². The van der Waals surface area contributed by atoms with Crippen LogP contribution in [0, 0.1) is 6.07 Å². The number of hydrogen-bond acceptors (Lipinski definition) is 1. The van der Waals surface area contributed by atoms with Crippen molar-refractivity contribution in [2.75, 3.05) is 0 Å². The van der Waals surface area contributed by atoms with E-state index in [-0.39, 0.29) is 5.78 Å². The van der Waals surface area contributed by atoms with Gasteiger partial charge >= 0.3 is 0 Å². The molecule has 0 saturated carbocycles. The number of ketones is 1. The van der Waals surface area contributed by atoms with Crippen LogP contribution in [-0.2, 0) is 0 Å². The van der Waals surface area contributed by atoms with Gasteiger partial charge in [0.1, 0.15) is 0 Å². The van der Waals surface area contributed by atoms with Crippen molar-refractivity contribution < 1.29 is 4.79 Å². The molecule has 1 heteroatoms. The van der Waals surface area contributed by atoms with Crippen molar-refractivity contribution in [3.8, 4) is 0 Å². The van der Waals surface area contributed by atoms with Gasteiger partial charge in [-0.15, -0.1) is 0 Å². The van der Waals surface area contributed by atoms with E-state index in [2.05, 4.69) is 13.0 Å². The predicted molar refractivity (Wildman–Crippen MR) is 99.9 cm³/mol. The topological polar surface area (TPSA) is 17.1 Å². The average molecular weight is 316 g/mol. The SMILES string of the molecule is CCCCCCCCCCCCCCCC(=O)c1cc[c]cc1. The van der Waals surface area contributed by atoms with E-state index in [0.29, 0.717) is 6.42 Å². The molecule has 1 aromatic carbocycles. The molecular formula is C22H35O. The van der Waals surface area contributed by atoms with Crippen LogP contribution in [0.25, 0.3) is 0 Å². The summed E-state index contributed by atoms with van der Waals surface area (Å²) in [5.74, 6) is 0.280. The van der Waals surface area contributed by atoms with Crippen molar-refractivity contribution >= 4 is 5.78 Å². The maximum absolute atomic E-state index is 11.9. The third-order valence-electron chi connectivity index (χ3n) is 4.55. The fourth-order valence-electron chi connectivity index (χ4n) is 3.02. The van der Waals surface area contributed by atoms with Gasteiger partial charge in [0.05, 0.1) is 0 Å².